The van der Waals surface area contributed by atoms with E-state index in [0.29, 0.717) is 6.61 Å². The standard InChI is InChI=1S/C16H16O3/c1-11-7-13(9-17)15-14(8-11)10-18-16(19-15)12-5-3-2-4-6-12/h2-8,16-17H,9-10H2,1H3. The molecule has 0 radical (unpaired) electrons. The van der Waals surface area contributed by atoms with Gasteiger partial charge in [-0.1, -0.05) is 48.0 Å². The van der Waals surface area contributed by atoms with Gasteiger partial charge in [-0.05, 0) is 6.92 Å². The molecule has 0 spiro atoms. The minimum absolute atomic E-state index is 0.0223. The highest BCUT2D eigenvalue weighted by Crippen LogP contribution is 2.36. The van der Waals surface area contributed by atoms with Crippen LogP contribution in [0.5, 0.6) is 5.75 Å². The topological polar surface area (TPSA) is 38.7 Å². The number of aryl methyl sites for hydroxylation is 1. The van der Waals surface area contributed by atoms with Crippen LogP contribution in [0.2, 0.25) is 0 Å². The molecule has 0 amide bonds. The summed E-state index contributed by atoms with van der Waals surface area (Å²) in [5, 5.41) is 9.45. The maximum absolute atomic E-state index is 9.45. The van der Waals surface area contributed by atoms with Crippen LogP contribution in [-0.2, 0) is 18.0 Å². The third-order valence-corrected chi connectivity index (χ3v) is 3.24. The molecule has 19 heavy (non-hydrogen) atoms. The van der Waals surface area contributed by atoms with E-state index in [1.807, 2.05) is 49.4 Å². The summed E-state index contributed by atoms with van der Waals surface area (Å²) in [5.41, 5.74) is 3.90. The normalized spacial score (nSPS) is 17.7. The molecule has 1 aliphatic heterocycles. The predicted octanol–water partition coefficient (Wildman–Crippen LogP) is 3.10. The van der Waals surface area contributed by atoms with Gasteiger partial charge in [-0.25, -0.2) is 0 Å². The zero-order valence-corrected chi connectivity index (χ0v) is 10.8. The SMILES string of the molecule is Cc1cc(CO)c2c(c1)COC(c1ccccc1)O2. The molecule has 0 bridgehead atoms. The van der Waals surface area contributed by atoms with E-state index >= 15 is 0 Å². The van der Waals surface area contributed by atoms with Gasteiger partial charge in [-0.2, -0.15) is 0 Å². The van der Waals surface area contributed by atoms with E-state index in [1.165, 1.54) is 0 Å². The Kier molecular flexibility index (Phi) is 3.23. The van der Waals surface area contributed by atoms with Crippen molar-refractivity contribution in [2.75, 3.05) is 0 Å². The molecule has 3 heteroatoms. The molecule has 3 nitrogen and oxygen atoms in total. The minimum Gasteiger partial charge on any atom is -0.460 e. The van der Waals surface area contributed by atoms with Crippen LogP contribution in [0.4, 0.5) is 0 Å². The van der Waals surface area contributed by atoms with Crippen molar-refractivity contribution in [3.8, 4) is 5.75 Å². The van der Waals surface area contributed by atoms with Crippen LogP contribution < -0.4 is 4.74 Å². The molecule has 0 saturated heterocycles. The molecule has 0 fully saturated rings. The van der Waals surface area contributed by atoms with Crippen molar-refractivity contribution in [3.05, 3.63) is 64.7 Å². The zero-order chi connectivity index (χ0) is 13.2. The number of fused-ring (bicyclic) bond motifs is 1. The van der Waals surface area contributed by atoms with Gasteiger partial charge in [0.05, 0.1) is 13.2 Å². The first-order chi connectivity index (χ1) is 9.28. The average Bonchev–Trinajstić information content (AvgIpc) is 2.46. The van der Waals surface area contributed by atoms with Crippen LogP contribution >= 0.6 is 0 Å². The number of aliphatic hydroxyl groups is 1. The molecule has 3 rings (SSSR count). The highest BCUT2D eigenvalue weighted by molar-refractivity contribution is 5.45. The Morgan fingerprint density at radius 1 is 1.21 bits per heavy atom. The largest absolute Gasteiger partial charge is 0.460 e. The fraction of sp³-hybridized carbons (Fsp3) is 0.250. The number of rotatable bonds is 2. The van der Waals surface area contributed by atoms with E-state index in [1.54, 1.807) is 0 Å². The molecule has 2 aromatic rings. The molecule has 2 aromatic carbocycles. The average molecular weight is 256 g/mol. The molecular formula is C16H16O3. The summed E-state index contributed by atoms with van der Waals surface area (Å²) in [4.78, 5) is 0. The molecule has 1 N–H and O–H groups in total. The summed E-state index contributed by atoms with van der Waals surface area (Å²) < 4.78 is 11.7. The first kappa shape index (κ1) is 12.2. The number of aliphatic hydroxyl groups excluding tert-OH is 1. The van der Waals surface area contributed by atoms with Gasteiger partial charge in [-0.3, -0.25) is 0 Å². The Bertz CT molecular complexity index is 561. The van der Waals surface area contributed by atoms with Crippen molar-refractivity contribution >= 4 is 0 Å². The summed E-state index contributed by atoms with van der Waals surface area (Å²) in [6.45, 7) is 2.48. The summed E-state index contributed by atoms with van der Waals surface area (Å²) in [7, 11) is 0. The van der Waals surface area contributed by atoms with Gasteiger partial charge in [0, 0.05) is 16.7 Å². The molecular weight excluding hydrogens is 240 g/mol. The highest BCUT2D eigenvalue weighted by atomic mass is 16.7. The van der Waals surface area contributed by atoms with Crippen molar-refractivity contribution in [2.24, 2.45) is 0 Å². The maximum Gasteiger partial charge on any atom is 0.227 e. The van der Waals surface area contributed by atoms with Crippen molar-refractivity contribution in [3.63, 3.8) is 0 Å². The lowest BCUT2D eigenvalue weighted by atomic mass is 10.0. The Morgan fingerprint density at radius 2 is 2.00 bits per heavy atom. The van der Waals surface area contributed by atoms with Gasteiger partial charge < -0.3 is 14.6 Å². The van der Waals surface area contributed by atoms with Crippen molar-refractivity contribution in [1.29, 1.82) is 0 Å². The number of benzene rings is 2. The Morgan fingerprint density at radius 3 is 2.74 bits per heavy atom. The summed E-state index contributed by atoms with van der Waals surface area (Å²) >= 11 is 0. The Balaban J connectivity index is 1.95. The fourth-order valence-corrected chi connectivity index (χ4v) is 2.39. The maximum atomic E-state index is 9.45. The molecule has 0 aliphatic carbocycles. The molecule has 1 aliphatic rings. The van der Waals surface area contributed by atoms with E-state index in [9.17, 15) is 5.11 Å². The smallest absolute Gasteiger partial charge is 0.227 e. The molecule has 1 unspecified atom stereocenters. The van der Waals surface area contributed by atoms with Crippen LogP contribution in [-0.4, -0.2) is 5.11 Å². The second-order valence-electron chi connectivity index (χ2n) is 4.74. The lowest BCUT2D eigenvalue weighted by molar-refractivity contribution is -0.112. The van der Waals surface area contributed by atoms with Gasteiger partial charge >= 0.3 is 0 Å². The molecule has 0 saturated carbocycles. The minimum atomic E-state index is -0.401. The number of hydrogen-bond donors (Lipinski definition) is 1. The van der Waals surface area contributed by atoms with Crippen molar-refractivity contribution < 1.29 is 14.6 Å². The van der Waals surface area contributed by atoms with E-state index < -0.39 is 6.29 Å². The van der Waals surface area contributed by atoms with E-state index in [0.717, 1.165) is 28.0 Å². The van der Waals surface area contributed by atoms with Gasteiger partial charge in [0.15, 0.2) is 0 Å². The lowest BCUT2D eigenvalue weighted by Gasteiger charge is -2.28. The van der Waals surface area contributed by atoms with E-state index in [-0.39, 0.29) is 6.61 Å². The number of ether oxygens (including phenoxy) is 2. The van der Waals surface area contributed by atoms with Crippen LogP contribution in [0.1, 0.15) is 28.5 Å². The van der Waals surface area contributed by atoms with Gasteiger partial charge in [-0.15, -0.1) is 0 Å². The fourth-order valence-electron chi connectivity index (χ4n) is 2.39. The number of hydrogen-bond acceptors (Lipinski definition) is 3. The van der Waals surface area contributed by atoms with E-state index in [4.69, 9.17) is 9.47 Å². The van der Waals surface area contributed by atoms with Gasteiger partial charge in [0.1, 0.15) is 5.75 Å². The molecule has 0 aromatic heterocycles. The molecule has 1 atom stereocenters. The second-order valence-corrected chi connectivity index (χ2v) is 4.74. The van der Waals surface area contributed by atoms with Gasteiger partial charge in [0.2, 0.25) is 6.29 Å². The Labute approximate surface area is 112 Å². The van der Waals surface area contributed by atoms with Crippen LogP contribution in [0.15, 0.2) is 42.5 Å². The predicted molar refractivity (Wildman–Crippen MR) is 71.7 cm³/mol. The van der Waals surface area contributed by atoms with Crippen LogP contribution in [0, 0.1) is 6.92 Å². The first-order valence-corrected chi connectivity index (χ1v) is 6.34. The third kappa shape index (κ3) is 2.35. The lowest BCUT2D eigenvalue weighted by Crippen LogP contribution is -2.19. The van der Waals surface area contributed by atoms with Crippen LogP contribution in [0.25, 0.3) is 0 Å². The first-order valence-electron chi connectivity index (χ1n) is 6.34. The quantitative estimate of drug-likeness (QED) is 0.897. The zero-order valence-electron chi connectivity index (χ0n) is 10.8. The van der Waals surface area contributed by atoms with Gasteiger partial charge in [0.25, 0.3) is 0 Å². The molecule has 1 heterocycles. The van der Waals surface area contributed by atoms with Crippen molar-refractivity contribution in [2.45, 2.75) is 26.4 Å². The van der Waals surface area contributed by atoms with E-state index in [2.05, 4.69) is 0 Å². The summed E-state index contributed by atoms with van der Waals surface area (Å²) in [6, 6.07) is 13.8. The van der Waals surface area contributed by atoms with Crippen LogP contribution in [0.3, 0.4) is 0 Å². The summed E-state index contributed by atoms with van der Waals surface area (Å²) in [5.74, 6) is 0.758. The highest BCUT2D eigenvalue weighted by Gasteiger charge is 2.24. The van der Waals surface area contributed by atoms with Crippen molar-refractivity contribution in [1.82, 2.24) is 0 Å². The molecule has 98 valence electrons. The second kappa shape index (κ2) is 5.03. The third-order valence-electron chi connectivity index (χ3n) is 3.24. The Hall–Kier alpha value is -1.84. The monoisotopic (exact) mass is 256 g/mol. The summed E-state index contributed by atoms with van der Waals surface area (Å²) in [6.07, 6.45) is -0.401.